The molecule has 7 heteroatoms. The standard InChI is InChI=1S/C19H16FN3O3/c1-26-19(25)15-6-4-14(5-7-15)18(24)21-17-10-11-23(22-17)12-13-2-8-16(20)9-3-13/h2-11H,12H2,1H3,(H,21,22,24). The fourth-order valence-electron chi connectivity index (χ4n) is 2.36. The number of carbonyl (C=O) groups is 2. The van der Waals surface area contributed by atoms with Crippen molar-refractivity contribution >= 4 is 17.7 Å². The van der Waals surface area contributed by atoms with Crippen molar-refractivity contribution in [1.82, 2.24) is 9.78 Å². The highest BCUT2D eigenvalue weighted by molar-refractivity contribution is 6.04. The first-order chi connectivity index (χ1) is 12.5. The number of anilines is 1. The van der Waals surface area contributed by atoms with E-state index < -0.39 is 5.97 Å². The van der Waals surface area contributed by atoms with Crippen LogP contribution < -0.4 is 5.32 Å². The molecule has 0 fully saturated rings. The van der Waals surface area contributed by atoms with Gasteiger partial charge in [-0.1, -0.05) is 12.1 Å². The maximum Gasteiger partial charge on any atom is 0.337 e. The second kappa shape index (κ2) is 7.60. The Morgan fingerprint density at radius 2 is 1.69 bits per heavy atom. The number of methoxy groups -OCH3 is 1. The Kier molecular flexibility index (Phi) is 5.07. The number of amides is 1. The molecule has 0 aliphatic heterocycles. The molecule has 0 atom stereocenters. The maximum absolute atomic E-state index is 12.9. The van der Waals surface area contributed by atoms with Crippen LogP contribution in [0.2, 0.25) is 0 Å². The lowest BCUT2D eigenvalue weighted by Crippen LogP contribution is -2.13. The van der Waals surface area contributed by atoms with Crippen LogP contribution in [0.5, 0.6) is 0 Å². The smallest absolute Gasteiger partial charge is 0.337 e. The average Bonchev–Trinajstić information content (AvgIpc) is 3.10. The fraction of sp³-hybridized carbons (Fsp3) is 0.105. The predicted octanol–water partition coefficient (Wildman–Crippen LogP) is 3.11. The zero-order valence-corrected chi connectivity index (χ0v) is 14.0. The number of hydrogen-bond acceptors (Lipinski definition) is 4. The van der Waals surface area contributed by atoms with Gasteiger partial charge in [0.15, 0.2) is 5.82 Å². The van der Waals surface area contributed by atoms with Crippen molar-refractivity contribution in [1.29, 1.82) is 0 Å². The lowest BCUT2D eigenvalue weighted by atomic mass is 10.1. The number of hydrogen-bond donors (Lipinski definition) is 1. The Labute approximate surface area is 149 Å². The van der Waals surface area contributed by atoms with Crippen LogP contribution in [0.25, 0.3) is 0 Å². The third kappa shape index (κ3) is 4.13. The molecular weight excluding hydrogens is 337 g/mol. The van der Waals surface area contributed by atoms with Gasteiger partial charge in [0.2, 0.25) is 0 Å². The fourth-order valence-corrected chi connectivity index (χ4v) is 2.36. The van der Waals surface area contributed by atoms with Gasteiger partial charge in [-0.05, 0) is 42.0 Å². The van der Waals surface area contributed by atoms with E-state index in [1.807, 2.05) is 0 Å². The Hall–Kier alpha value is -3.48. The summed E-state index contributed by atoms with van der Waals surface area (Å²) in [5, 5.41) is 6.96. The minimum absolute atomic E-state index is 0.291. The first-order valence-corrected chi connectivity index (χ1v) is 7.83. The number of esters is 1. The summed E-state index contributed by atoms with van der Waals surface area (Å²) in [6.45, 7) is 0.462. The van der Waals surface area contributed by atoms with E-state index in [9.17, 15) is 14.0 Å². The molecule has 0 bridgehead atoms. The van der Waals surface area contributed by atoms with E-state index in [0.717, 1.165) is 5.56 Å². The molecule has 0 spiro atoms. The topological polar surface area (TPSA) is 73.2 Å². The lowest BCUT2D eigenvalue weighted by molar-refractivity contribution is 0.0600. The number of rotatable bonds is 5. The van der Waals surface area contributed by atoms with Crippen LogP contribution in [0.4, 0.5) is 10.2 Å². The Morgan fingerprint density at radius 3 is 2.35 bits per heavy atom. The highest BCUT2D eigenvalue weighted by Crippen LogP contribution is 2.11. The van der Waals surface area contributed by atoms with Crippen LogP contribution in [0.15, 0.2) is 60.8 Å². The molecule has 0 aliphatic carbocycles. The Bertz CT molecular complexity index is 918. The second-order valence-electron chi connectivity index (χ2n) is 5.55. The van der Waals surface area contributed by atoms with E-state index in [-0.39, 0.29) is 11.7 Å². The van der Waals surface area contributed by atoms with Crippen LogP contribution in [0.3, 0.4) is 0 Å². The van der Waals surface area contributed by atoms with E-state index >= 15 is 0 Å². The van der Waals surface area contributed by atoms with Gasteiger partial charge >= 0.3 is 5.97 Å². The molecule has 3 rings (SSSR count). The molecule has 0 saturated heterocycles. The number of benzene rings is 2. The zero-order valence-electron chi connectivity index (χ0n) is 14.0. The molecule has 1 amide bonds. The summed E-state index contributed by atoms with van der Waals surface area (Å²) in [5.41, 5.74) is 1.66. The van der Waals surface area contributed by atoms with Crippen LogP contribution in [-0.4, -0.2) is 28.8 Å². The lowest BCUT2D eigenvalue weighted by Gasteiger charge is -2.04. The summed E-state index contributed by atoms with van der Waals surface area (Å²) in [7, 11) is 1.30. The molecule has 3 aromatic rings. The minimum atomic E-state index is -0.462. The monoisotopic (exact) mass is 353 g/mol. The van der Waals surface area contributed by atoms with Gasteiger partial charge in [-0.15, -0.1) is 0 Å². The van der Waals surface area contributed by atoms with E-state index in [4.69, 9.17) is 0 Å². The van der Waals surface area contributed by atoms with Crippen molar-refractivity contribution in [3.8, 4) is 0 Å². The first-order valence-electron chi connectivity index (χ1n) is 7.83. The summed E-state index contributed by atoms with van der Waals surface area (Å²) >= 11 is 0. The maximum atomic E-state index is 12.9. The van der Waals surface area contributed by atoms with Gasteiger partial charge in [0.25, 0.3) is 5.91 Å². The van der Waals surface area contributed by atoms with Crippen molar-refractivity contribution in [3.05, 3.63) is 83.3 Å². The highest BCUT2D eigenvalue weighted by Gasteiger charge is 2.10. The minimum Gasteiger partial charge on any atom is -0.465 e. The number of carbonyl (C=O) groups excluding carboxylic acids is 2. The summed E-state index contributed by atoms with van der Waals surface area (Å²) in [4.78, 5) is 23.7. The molecule has 6 nitrogen and oxygen atoms in total. The van der Waals surface area contributed by atoms with E-state index in [1.165, 1.54) is 43.5 Å². The van der Waals surface area contributed by atoms with E-state index in [1.54, 1.807) is 29.1 Å². The molecule has 2 aromatic carbocycles. The van der Waals surface area contributed by atoms with Gasteiger partial charge in [-0.3, -0.25) is 9.48 Å². The molecule has 1 aromatic heterocycles. The number of nitrogens with zero attached hydrogens (tertiary/aromatic N) is 2. The molecule has 1 heterocycles. The van der Waals surface area contributed by atoms with Gasteiger partial charge in [0.05, 0.1) is 19.2 Å². The molecule has 1 N–H and O–H groups in total. The quantitative estimate of drug-likeness (QED) is 0.716. The largest absolute Gasteiger partial charge is 0.465 e. The highest BCUT2D eigenvalue weighted by atomic mass is 19.1. The average molecular weight is 353 g/mol. The molecule has 0 radical (unpaired) electrons. The molecule has 0 aliphatic rings. The molecular formula is C19H16FN3O3. The van der Waals surface area contributed by atoms with Gasteiger partial charge in [-0.25, -0.2) is 9.18 Å². The van der Waals surface area contributed by atoms with Gasteiger partial charge in [0, 0.05) is 17.8 Å². The SMILES string of the molecule is COC(=O)c1ccc(C(=O)Nc2ccn(Cc3ccc(F)cc3)n2)cc1. The number of halogens is 1. The van der Waals surface area contributed by atoms with Crippen LogP contribution in [-0.2, 0) is 11.3 Å². The number of aromatic nitrogens is 2. The number of ether oxygens (including phenoxy) is 1. The summed E-state index contributed by atoms with van der Waals surface area (Å²) in [5.74, 6) is -0.695. The second-order valence-corrected chi connectivity index (χ2v) is 5.55. The van der Waals surface area contributed by atoms with Crippen LogP contribution in [0.1, 0.15) is 26.3 Å². The van der Waals surface area contributed by atoms with E-state index in [0.29, 0.717) is 23.5 Å². The van der Waals surface area contributed by atoms with Crippen molar-refractivity contribution in [2.24, 2.45) is 0 Å². The molecule has 132 valence electrons. The Balaban J connectivity index is 1.63. The summed E-state index contributed by atoms with van der Waals surface area (Å²) < 4.78 is 19.2. The molecule has 26 heavy (non-hydrogen) atoms. The van der Waals surface area contributed by atoms with Crippen molar-refractivity contribution in [2.45, 2.75) is 6.54 Å². The molecule has 0 saturated carbocycles. The third-order valence-corrected chi connectivity index (χ3v) is 3.71. The predicted molar refractivity (Wildman–Crippen MR) is 93.5 cm³/mol. The van der Waals surface area contributed by atoms with Gasteiger partial charge < -0.3 is 10.1 Å². The third-order valence-electron chi connectivity index (χ3n) is 3.71. The summed E-state index contributed by atoms with van der Waals surface area (Å²) in [6.07, 6.45) is 1.72. The zero-order chi connectivity index (χ0) is 18.5. The van der Waals surface area contributed by atoms with Crippen molar-refractivity contribution < 1.29 is 18.7 Å². The number of nitrogens with one attached hydrogen (secondary N) is 1. The van der Waals surface area contributed by atoms with Crippen molar-refractivity contribution in [2.75, 3.05) is 12.4 Å². The first kappa shape index (κ1) is 17.3. The van der Waals surface area contributed by atoms with Crippen LogP contribution in [0, 0.1) is 5.82 Å². The molecule has 0 unspecified atom stereocenters. The van der Waals surface area contributed by atoms with E-state index in [2.05, 4.69) is 15.2 Å². The van der Waals surface area contributed by atoms with Crippen LogP contribution >= 0.6 is 0 Å². The summed E-state index contributed by atoms with van der Waals surface area (Å²) in [6, 6.07) is 13.9. The van der Waals surface area contributed by atoms with Gasteiger partial charge in [-0.2, -0.15) is 5.10 Å². The van der Waals surface area contributed by atoms with Crippen molar-refractivity contribution in [3.63, 3.8) is 0 Å². The normalized spacial score (nSPS) is 10.4. The Morgan fingerprint density at radius 1 is 1.04 bits per heavy atom. The van der Waals surface area contributed by atoms with Gasteiger partial charge in [0.1, 0.15) is 5.82 Å².